The minimum absolute atomic E-state index is 0.0281. The summed E-state index contributed by atoms with van der Waals surface area (Å²) in [4.78, 5) is 23.4. The Kier molecular flexibility index (Phi) is 8.19. The van der Waals surface area contributed by atoms with Gasteiger partial charge in [0.1, 0.15) is 11.0 Å². The van der Waals surface area contributed by atoms with Gasteiger partial charge in [-0.05, 0) is 37.0 Å². The Bertz CT molecular complexity index is 809. The number of rotatable bonds is 8. The topological polar surface area (TPSA) is 58.1 Å². The predicted molar refractivity (Wildman–Crippen MR) is 121 cm³/mol. The number of carbonyl (C=O) groups is 1. The third-order valence-electron chi connectivity index (χ3n) is 5.26. The van der Waals surface area contributed by atoms with Crippen LogP contribution in [0.15, 0.2) is 35.5 Å². The van der Waals surface area contributed by atoms with Crippen LogP contribution in [0, 0.1) is 0 Å². The molecular formula is C22H29ClN4OS. The molecular weight excluding hydrogens is 404 g/mol. The van der Waals surface area contributed by atoms with Gasteiger partial charge >= 0.3 is 0 Å². The molecule has 0 aliphatic heterocycles. The number of halogens is 1. The summed E-state index contributed by atoms with van der Waals surface area (Å²) in [6, 6.07) is 10.1. The highest BCUT2D eigenvalue weighted by molar-refractivity contribution is 7.98. The van der Waals surface area contributed by atoms with Crippen LogP contribution in [0.4, 0.5) is 5.82 Å². The molecule has 7 heteroatoms. The fraction of sp³-hybridized carbons (Fsp3) is 0.500. The SMILES string of the molecule is CCCNC(=O)c1ccc(CSc2nc(Cl)cc(N(C)C3CCCCC3)n2)cc1. The van der Waals surface area contributed by atoms with Crippen LogP contribution in [0.2, 0.25) is 5.15 Å². The molecule has 1 aliphatic carbocycles. The number of hydrogen-bond acceptors (Lipinski definition) is 5. The molecule has 0 spiro atoms. The van der Waals surface area contributed by atoms with E-state index in [1.165, 1.54) is 32.1 Å². The normalized spacial score (nSPS) is 14.6. The summed E-state index contributed by atoms with van der Waals surface area (Å²) in [7, 11) is 2.10. The van der Waals surface area contributed by atoms with E-state index < -0.39 is 0 Å². The van der Waals surface area contributed by atoms with Gasteiger partial charge in [0.15, 0.2) is 5.16 Å². The average Bonchev–Trinajstić information content (AvgIpc) is 2.76. The van der Waals surface area contributed by atoms with Crippen molar-refractivity contribution >= 4 is 35.1 Å². The largest absolute Gasteiger partial charge is 0.357 e. The van der Waals surface area contributed by atoms with Crippen LogP contribution in [-0.2, 0) is 5.75 Å². The van der Waals surface area contributed by atoms with Crippen LogP contribution in [-0.4, -0.2) is 35.5 Å². The van der Waals surface area contributed by atoms with E-state index in [4.69, 9.17) is 16.6 Å². The Labute approximate surface area is 182 Å². The standard InChI is InChI=1S/C22H29ClN4OS/c1-3-13-24-21(28)17-11-9-16(10-12-17)15-29-22-25-19(23)14-20(26-22)27(2)18-7-5-4-6-8-18/h9-12,14,18H,3-8,13,15H2,1-2H3,(H,24,28). The first-order valence-corrected chi connectivity index (χ1v) is 11.7. The van der Waals surface area contributed by atoms with Gasteiger partial charge in [0.05, 0.1) is 0 Å². The maximum absolute atomic E-state index is 12.0. The van der Waals surface area contributed by atoms with Crippen molar-refractivity contribution in [1.82, 2.24) is 15.3 Å². The van der Waals surface area contributed by atoms with Crippen LogP contribution in [0.5, 0.6) is 0 Å². The van der Waals surface area contributed by atoms with Crippen LogP contribution < -0.4 is 10.2 Å². The van der Waals surface area contributed by atoms with Crippen molar-refractivity contribution in [3.8, 4) is 0 Å². The Balaban J connectivity index is 1.61. The summed E-state index contributed by atoms with van der Waals surface area (Å²) >= 11 is 7.84. The van der Waals surface area contributed by atoms with Crippen molar-refractivity contribution in [2.75, 3.05) is 18.5 Å². The van der Waals surface area contributed by atoms with Crippen LogP contribution >= 0.6 is 23.4 Å². The van der Waals surface area contributed by atoms with Crippen molar-refractivity contribution in [2.45, 2.75) is 62.4 Å². The number of nitrogens with one attached hydrogen (secondary N) is 1. The van der Waals surface area contributed by atoms with E-state index >= 15 is 0 Å². The van der Waals surface area contributed by atoms with E-state index in [2.05, 4.69) is 22.2 Å². The molecule has 1 saturated carbocycles. The molecule has 0 saturated heterocycles. The first kappa shape index (κ1) is 21.9. The molecule has 0 bridgehead atoms. The van der Waals surface area contributed by atoms with Crippen molar-refractivity contribution in [2.24, 2.45) is 0 Å². The summed E-state index contributed by atoms with van der Waals surface area (Å²) in [5, 5.41) is 4.05. The zero-order valence-corrected chi connectivity index (χ0v) is 18.7. The van der Waals surface area contributed by atoms with Crippen LogP contribution in [0.1, 0.15) is 61.4 Å². The van der Waals surface area contributed by atoms with E-state index in [1.54, 1.807) is 11.8 Å². The molecule has 0 unspecified atom stereocenters. The Hall–Kier alpha value is -1.79. The molecule has 0 radical (unpaired) electrons. The highest BCUT2D eigenvalue weighted by Gasteiger charge is 2.20. The van der Waals surface area contributed by atoms with Crippen LogP contribution in [0.3, 0.4) is 0 Å². The number of amides is 1. The molecule has 5 nitrogen and oxygen atoms in total. The van der Waals surface area contributed by atoms with Crippen molar-refractivity contribution in [3.63, 3.8) is 0 Å². The zero-order chi connectivity index (χ0) is 20.6. The Morgan fingerprint density at radius 3 is 2.62 bits per heavy atom. The second-order valence-electron chi connectivity index (χ2n) is 7.48. The lowest BCUT2D eigenvalue weighted by atomic mass is 9.94. The van der Waals surface area contributed by atoms with E-state index in [0.717, 1.165) is 23.6 Å². The quantitative estimate of drug-likeness (QED) is 0.347. The molecule has 1 fully saturated rings. The molecule has 156 valence electrons. The number of nitrogens with zero attached hydrogens (tertiary/aromatic N) is 3. The van der Waals surface area contributed by atoms with Crippen molar-refractivity contribution in [1.29, 1.82) is 0 Å². The summed E-state index contributed by atoms with van der Waals surface area (Å²) in [5.74, 6) is 1.59. The second kappa shape index (κ2) is 10.8. The molecule has 1 aromatic carbocycles. The van der Waals surface area contributed by atoms with Gasteiger partial charge in [-0.25, -0.2) is 9.97 Å². The van der Waals surface area contributed by atoms with Crippen molar-refractivity contribution in [3.05, 3.63) is 46.6 Å². The monoisotopic (exact) mass is 432 g/mol. The molecule has 1 aromatic heterocycles. The molecule has 1 heterocycles. The lowest BCUT2D eigenvalue weighted by molar-refractivity contribution is 0.0953. The van der Waals surface area contributed by atoms with Crippen molar-refractivity contribution < 1.29 is 4.79 Å². The number of benzene rings is 1. The lowest BCUT2D eigenvalue weighted by Gasteiger charge is -2.32. The van der Waals surface area contributed by atoms with E-state index in [0.29, 0.717) is 28.5 Å². The van der Waals surface area contributed by atoms with Gasteiger partial charge in [0, 0.05) is 37.0 Å². The molecule has 3 rings (SSSR count). The highest BCUT2D eigenvalue weighted by atomic mass is 35.5. The number of aromatic nitrogens is 2. The molecule has 1 amide bonds. The molecule has 1 aliphatic rings. The van der Waals surface area contributed by atoms with Gasteiger partial charge in [-0.1, -0.05) is 61.7 Å². The number of thioether (sulfide) groups is 1. The van der Waals surface area contributed by atoms with Gasteiger partial charge < -0.3 is 10.2 Å². The van der Waals surface area contributed by atoms with E-state index in [-0.39, 0.29) is 5.91 Å². The third-order valence-corrected chi connectivity index (χ3v) is 6.38. The summed E-state index contributed by atoms with van der Waals surface area (Å²) in [6.07, 6.45) is 7.23. The number of anilines is 1. The molecule has 2 aromatic rings. The lowest BCUT2D eigenvalue weighted by Crippen LogP contribution is -2.34. The molecule has 1 N–H and O–H groups in total. The third kappa shape index (κ3) is 6.34. The minimum atomic E-state index is -0.0281. The van der Waals surface area contributed by atoms with Gasteiger partial charge in [0.2, 0.25) is 0 Å². The molecule has 29 heavy (non-hydrogen) atoms. The zero-order valence-electron chi connectivity index (χ0n) is 17.2. The van der Waals surface area contributed by atoms with Crippen LogP contribution in [0.25, 0.3) is 0 Å². The average molecular weight is 433 g/mol. The van der Waals surface area contributed by atoms with Gasteiger partial charge in [-0.3, -0.25) is 4.79 Å². The van der Waals surface area contributed by atoms with Gasteiger partial charge in [0.25, 0.3) is 5.91 Å². The number of carbonyl (C=O) groups excluding carboxylic acids is 1. The maximum Gasteiger partial charge on any atom is 0.251 e. The minimum Gasteiger partial charge on any atom is -0.357 e. The fourth-order valence-electron chi connectivity index (χ4n) is 3.53. The van der Waals surface area contributed by atoms with Gasteiger partial charge in [-0.15, -0.1) is 0 Å². The summed E-state index contributed by atoms with van der Waals surface area (Å²) in [6.45, 7) is 2.73. The maximum atomic E-state index is 12.0. The number of hydrogen-bond donors (Lipinski definition) is 1. The molecule has 0 atom stereocenters. The Morgan fingerprint density at radius 2 is 1.93 bits per heavy atom. The second-order valence-corrected chi connectivity index (χ2v) is 8.81. The Morgan fingerprint density at radius 1 is 1.21 bits per heavy atom. The smallest absolute Gasteiger partial charge is 0.251 e. The first-order valence-electron chi connectivity index (χ1n) is 10.3. The van der Waals surface area contributed by atoms with E-state index in [1.807, 2.05) is 37.3 Å². The summed E-state index contributed by atoms with van der Waals surface area (Å²) < 4.78 is 0. The predicted octanol–water partition coefficient (Wildman–Crippen LogP) is 5.33. The highest BCUT2D eigenvalue weighted by Crippen LogP contribution is 2.28. The first-order chi connectivity index (χ1) is 14.1. The fourth-order valence-corrected chi connectivity index (χ4v) is 4.56. The summed E-state index contributed by atoms with van der Waals surface area (Å²) in [5.41, 5.74) is 1.80. The van der Waals surface area contributed by atoms with Gasteiger partial charge in [-0.2, -0.15) is 0 Å². The van der Waals surface area contributed by atoms with E-state index in [9.17, 15) is 4.79 Å².